The van der Waals surface area contributed by atoms with E-state index in [2.05, 4.69) is 31.6 Å². The Hall–Kier alpha value is -1.36. The highest BCUT2D eigenvalue weighted by Gasteiger charge is 2.15. The number of rotatable bonds is 5. The van der Waals surface area contributed by atoms with Crippen molar-refractivity contribution in [3.63, 3.8) is 0 Å². The quantitative estimate of drug-likeness (QED) is 0.841. The molecule has 0 aliphatic carbocycles. The van der Waals surface area contributed by atoms with Gasteiger partial charge in [-0.25, -0.2) is 9.97 Å². The van der Waals surface area contributed by atoms with Gasteiger partial charge in [-0.3, -0.25) is 0 Å². The average molecular weight is 261 g/mol. The summed E-state index contributed by atoms with van der Waals surface area (Å²) in [6.45, 7) is 5.61. The summed E-state index contributed by atoms with van der Waals surface area (Å²) in [6, 6.07) is 2.08. The number of nitrogens with zero attached hydrogens (tertiary/aromatic N) is 3. The van der Waals surface area contributed by atoms with Crippen molar-refractivity contribution in [3.8, 4) is 0 Å². The van der Waals surface area contributed by atoms with Gasteiger partial charge in [0.2, 0.25) is 0 Å². The molecule has 2 saturated heterocycles. The van der Waals surface area contributed by atoms with E-state index in [-0.39, 0.29) is 0 Å². The van der Waals surface area contributed by atoms with Crippen LogP contribution >= 0.6 is 0 Å². The van der Waals surface area contributed by atoms with Gasteiger partial charge in [-0.05, 0) is 44.7 Å². The van der Waals surface area contributed by atoms with Gasteiger partial charge in [-0.1, -0.05) is 0 Å². The zero-order chi connectivity index (χ0) is 12.9. The zero-order valence-electron chi connectivity index (χ0n) is 11.4. The first kappa shape index (κ1) is 12.7. The summed E-state index contributed by atoms with van der Waals surface area (Å²) in [4.78, 5) is 11.0. The fourth-order valence-electron chi connectivity index (χ4n) is 2.93. The smallest absolute Gasteiger partial charge is 0.134 e. The number of hydrogen-bond donors (Lipinski definition) is 2. The number of aromatic nitrogens is 2. The zero-order valence-corrected chi connectivity index (χ0v) is 11.4. The van der Waals surface area contributed by atoms with Crippen molar-refractivity contribution >= 4 is 11.6 Å². The Morgan fingerprint density at radius 1 is 1.32 bits per heavy atom. The van der Waals surface area contributed by atoms with Crippen molar-refractivity contribution in [2.75, 3.05) is 42.9 Å². The first-order valence-corrected chi connectivity index (χ1v) is 7.43. The fourth-order valence-corrected chi connectivity index (χ4v) is 2.93. The molecule has 0 aromatic carbocycles. The van der Waals surface area contributed by atoms with Gasteiger partial charge in [0, 0.05) is 25.7 Å². The minimum absolute atomic E-state index is 0.826. The summed E-state index contributed by atoms with van der Waals surface area (Å²) in [6.07, 6.45) is 6.76. The molecule has 1 unspecified atom stereocenters. The van der Waals surface area contributed by atoms with Crippen LogP contribution in [0.15, 0.2) is 12.4 Å². The van der Waals surface area contributed by atoms with Gasteiger partial charge in [0.25, 0.3) is 0 Å². The molecule has 0 radical (unpaired) electrons. The largest absolute Gasteiger partial charge is 0.370 e. The minimum Gasteiger partial charge on any atom is -0.370 e. The fraction of sp³-hybridized carbons (Fsp3) is 0.714. The lowest BCUT2D eigenvalue weighted by Crippen LogP contribution is -2.19. The van der Waals surface area contributed by atoms with E-state index >= 15 is 0 Å². The van der Waals surface area contributed by atoms with Crippen molar-refractivity contribution in [3.05, 3.63) is 12.4 Å². The second-order valence-electron chi connectivity index (χ2n) is 5.53. The third-order valence-electron chi connectivity index (χ3n) is 4.10. The third kappa shape index (κ3) is 3.35. The first-order valence-electron chi connectivity index (χ1n) is 7.43. The Balaban J connectivity index is 1.50. The third-order valence-corrected chi connectivity index (χ3v) is 4.10. The molecule has 3 heterocycles. The van der Waals surface area contributed by atoms with Crippen LogP contribution in [0.4, 0.5) is 11.6 Å². The molecule has 0 amide bonds. The summed E-state index contributed by atoms with van der Waals surface area (Å²) >= 11 is 0. The Kier molecular flexibility index (Phi) is 4.13. The molecule has 2 aliphatic heterocycles. The lowest BCUT2D eigenvalue weighted by molar-refractivity contribution is 0.549. The van der Waals surface area contributed by atoms with Crippen molar-refractivity contribution in [2.45, 2.75) is 25.7 Å². The second kappa shape index (κ2) is 6.19. The van der Waals surface area contributed by atoms with E-state index in [4.69, 9.17) is 0 Å². The standard InChI is InChI=1S/C14H23N5/c1-2-8-19(7-1)14-9-13(17-11-18-14)16-6-4-12-3-5-15-10-12/h9,11-12,15H,1-8,10H2,(H,16,17,18). The average Bonchev–Trinajstić information content (AvgIpc) is 3.12. The first-order chi connectivity index (χ1) is 9.42. The molecular weight excluding hydrogens is 238 g/mol. The van der Waals surface area contributed by atoms with Gasteiger partial charge in [0.1, 0.15) is 18.0 Å². The molecule has 3 rings (SSSR count). The predicted molar refractivity (Wildman–Crippen MR) is 77.6 cm³/mol. The number of hydrogen-bond acceptors (Lipinski definition) is 5. The van der Waals surface area contributed by atoms with Crippen LogP contribution in [-0.2, 0) is 0 Å². The van der Waals surface area contributed by atoms with Gasteiger partial charge in [-0.2, -0.15) is 0 Å². The maximum absolute atomic E-state index is 4.37. The van der Waals surface area contributed by atoms with Gasteiger partial charge in [-0.15, -0.1) is 0 Å². The number of nitrogens with one attached hydrogen (secondary N) is 2. The van der Waals surface area contributed by atoms with E-state index in [1.165, 1.54) is 38.8 Å². The maximum Gasteiger partial charge on any atom is 0.134 e. The topological polar surface area (TPSA) is 53.1 Å². The molecule has 2 N–H and O–H groups in total. The second-order valence-corrected chi connectivity index (χ2v) is 5.53. The normalized spacial score (nSPS) is 22.9. The van der Waals surface area contributed by atoms with Crippen LogP contribution in [0.5, 0.6) is 0 Å². The Bertz CT molecular complexity index is 397. The van der Waals surface area contributed by atoms with Crippen LogP contribution < -0.4 is 15.5 Å². The van der Waals surface area contributed by atoms with Crippen LogP contribution in [-0.4, -0.2) is 42.7 Å². The summed E-state index contributed by atoms with van der Waals surface area (Å²) < 4.78 is 0. The van der Waals surface area contributed by atoms with Crippen molar-refractivity contribution in [1.82, 2.24) is 15.3 Å². The molecule has 1 atom stereocenters. The van der Waals surface area contributed by atoms with E-state index in [1.54, 1.807) is 6.33 Å². The molecule has 19 heavy (non-hydrogen) atoms. The molecule has 104 valence electrons. The highest BCUT2D eigenvalue weighted by molar-refractivity contribution is 5.48. The summed E-state index contributed by atoms with van der Waals surface area (Å²) in [5.41, 5.74) is 0. The molecular formula is C14H23N5. The molecule has 0 saturated carbocycles. The van der Waals surface area contributed by atoms with E-state index < -0.39 is 0 Å². The van der Waals surface area contributed by atoms with Gasteiger partial charge < -0.3 is 15.5 Å². The summed E-state index contributed by atoms with van der Waals surface area (Å²) in [5.74, 6) is 2.85. The van der Waals surface area contributed by atoms with E-state index in [9.17, 15) is 0 Å². The van der Waals surface area contributed by atoms with Crippen molar-refractivity contribution in [2.24, 2.45) is 5.92 Å². The van der Waals surface area contributed by atoms with Crippen LogP contribution in [0.25, 0.3) is 0 Å². The molecule has 1 aromatic rings. The number of anilines is 2. The van der Waals surface area contributed by atoms with E-state index in [1.807, 2.05) is 0 Å². The van der Waals surface area contributed by atoms with Gasteiger partial charge >= 0.3 is 0 Å². The van der Waals surface area contributed by atoms with E-state index in [0.717, 1.165) is 37.2 Å². The highest BCUT2D eigenvalue weighted by Crippen LogP contribution is 2.19. The van der Waals surface area contributed by atoms with Gasteiger partial charge in [0.15, 0.2) is 0 Å². The van der Waals surface area contributed by atoms with Crippen LogP contribution in [0, 0.1) is 5.92 Å². The Labute approximate surface area is 114 Å². The Morgan fingerprint density at radius 2 is 2.21 bits per heavy atom. The predicted octanol–water partition coefficient (Wildman–Crippen LogP) is 1.49. The van der Waals surface area contributed by atoms with Crippen molar-refractivity contribution < 1.29 is 0 Å². The summed E-state index contributed by atoms with van der Waals surface area (Å²) in [7, 11) is 0. The molecule has 5 nitrogen and oxygen atoms in total. The maximum atomic E-state index is 4.37. The van der Waals surface area contributed by atoms with E-state index in [0.29, 0.717) is 0 Å². The van der Waals surface area contributed by atoms with Crippen LogP contribution in [0.2, 0.25) is 0 Å². The lowest BCUT2D eigenvalue weighted by atomic mass is 10.1. The highest BCUT2D eigenvalue weighted by atomic mass is 15.2. The van der Waals surface area contributed by atoms with Crippen LogP contribution in [0.1, 0.15) is 25.7 Å². The minimum atomic E-state index is 0.826. The lowest BCUT2D eigenvalue weighted by Gasteiger charge is -2.17. The van der Waals surface area contributed by atoms with Crippen molar-refractivity contribution in [1.29, 1.82) is 0 Å². The molecule has 2 aliphatic rings. The molecule has 5 heteroatoms. The Morgan fingerprint density at radius 3 is 3.00 bits per heavy atom. The monoisotopic (exact) mass is 261 g/mol. The molecule has 0 bridgehead atoms. The summed E-state index contributed by atoms with van der Waals surface area (Å²) in [5, 5.41) is 6.84. The SMILES string of the molecule is c1nc(NCCC2CCNC2)cc(N2CCCC2)n1. The molecule has 0 spiro atoms. The molecule has 2 fully saturated rings. The van der Waals surface area contributed by atoms with Crippen LogP contribution in [0.3, 0.4) is 0 Å². The van der Waals surface area contributed by atoms with Gasteiger partial charge in [0.05, 0.1) is 0 Å². The molecule has 1 aromatic heterocycles.